The first-order valence-electron chi connectivity index (χ1n) is 8.94. The zero-order valence-electron chi connectivity index (χ0n) is 16.8. The number of anilines is 2. The molecule has 146 valence electrons. The number of sulfonamides is 1. The van der Waals surface area contributed by atoms with Crippen LogP contribution < -0.4 is 9.62 Å². The molecule has 2 aromatic carbocycles. The van der Waals surface area contributed by atoms with Crippen molar-refractivity contribution in [3.63, 3.8) is 0 Å². The maximum atomic E-state index is 12.7. The lowest BCUT2D eigenvalue weighted by Crippen LogP contribution is -2.37. The lowest BCUT2D eigenvalue weighted by Gasteiger charge is -2.24. The molecule has 2 aromatic rings. The fourth-order valence-corrected chi connectivity index (χ4v) is 3.99. The van der Waals surface area contributed by atoms with Gasteiger partial charge in [-0.3, -0.25) is 9.10 Å². The van der Waals surface area contributed by atoms with Crippen LogP contribution in [0.3, 0.4) is 0 Å². The lowest BCUT2D eigenvalue weighted by atomic mass is 9.98. The Morgan fingerprint density at radius 1 is 1.07 bits per heavy atom. The minimum absolute atomic E-state index is 0.241. The predicted molar refractivity (Wildman–Crippen MR) is 112 cm³/mol. The van der Waals surface area contributed by atoms with Crippen molar-refractivity contribution in [2.45, 2.75) is 40.5 Å². The van der Waals surface area contributed by atoms with E-state index in [9.17, 15) is 13.2 Å². The standard InChI is InChI=1S/C21H28N2O3S/c1-14(2)19-9-7-8-17(5)21(19)22-20(24)13-23(27(6,25)26)18-11-15(3)10-16(4)12-18/h7-12,14H,13H2,1-6H3,(H,22,24). The average Bonchev–Trinajstić information content (AvgIpc) is 2.52. The van der Waals surface area contributed by atoms with Gasteiger partial charge in [-0.25, -0.2) is 8.42 Å². The van der Waals surface area contributed by atoms with Crippen molar-refractivity contribution in [1.82, 2.24) is 0 Å². The molecule has 0 bridgehead atoms. The second-order valence-electron chi connectivity index (χ2n) is 7.36. The van der Waals surface area contributed by atoms with Crippen LogP contribution in [-0.4, -0.2) is 27.1 Å². The molecule has 6 heteroatoms. The summed E-state index contributed by atoms with van der Waals surface area (Å²) in [5, 5.41) is 2.92. The van der Waals surface area contributed by atoms with Gasteiger partial charge in [0.25, 0.3) is 0 Å². The topological polar surface area (TPSA) is 66.5 Å². The number of amides is 1. The van der Waals surface area contributed by atoms with Crippen molar-refractivity contribution in [2.75, 3.05) is 22.4 Å². The van der Waals surface area contributed by atoms with Gasteiger partial charge in [0.1, 0.15) is 6.54 Å². The summed E-state index contributed by atoms with van der Waals surface area (Å²) in [5.74, 6) is -0.124. The number of aryl methyl sites for hydroxylation is 3. The molecule has 0 aliphatic carbocycles. The zero-order valence-corrected chi connectivity index (χ0v) is 17.6. The van der Waals surface area contributed by atoms with Crippen molar-refractivity contribution in [3.8, 4) is 0 Å². The Bertz CT molecular complexity index is 930. The number of nitrogens with zero attached hydrogens (tertiary/aromatic N) is 1. The van der Waals surface area contributed by atoms with Crippen LogP contribution in [0.15, 0.2) is 36.4 Å². The molecule has 0 aliphatic heterocycles. The Balaban J connectivity index is 2.34. The van der Waals surface area contributed by atoms with Gasteiger partial charge in [0.15, 0.2) is 0 Å². The lowest BCUT2D eigenvalue weighted by molar-refractivity contribution is -0.114. The van der Waals surface area contributed by atoms with Crippen LogP contribution in [0.1, 0.15) is 42.0 Å². The predicted octanol–water partition coefficient (Wildman–Crippen LogP) is 4.14. The van der Waals surface area contributed by atoms with E-state index in [0.29, 0.717) is 5.69 Å². The van der Waals surface area contributed by atoms with Crippen molar-refractivity contribution in [2.24, 2.45) is 0 Å². The van der Waals surface area contributed by atoms with E-state index in [1.54, 1.807) is 12.1 Å². The Morgan fingerprint density at radius 2 is 1.67 bits per heavy atom. The summed E-state index contributed by atoms with van der Waals surface area (Å²) in [5.41, 5.74) is 5.12. The van der Waals surface area contributed by atoms with Gasteiger partial charge in [0.2, 0.25) is 15.9 Å². The molecule has 0 heterocycles. The third-order valence-electron chi connectivity index (χ3n) is 4.37. The number of hydrogen-bond acceptors (Lipinski definition) is 3. The van der Waals surface area contributed by atoms with Crippen molar-refractivity contribution in [1.29, 1.82) is 0 Å². The van der Waals surface area contributed by atoms with Crippen LogP contribution in [0, 0.1) is 20.8 Å². The van der Waals surface area contributed by atoms with Crippen molar-refractivity contribution < 1.29 is 13.2 Å². The van der Waals surface area contributed by atoms with Crippen LogP contribution in [0.5, 0.6) is 0 Å². The van der Waals surface area contributed by atoms with E-state index in [2.05, 4.69) is 19.2 Å². The Morgan fingerprint density at radius 3 is 2.19 bits per heavy atom. The minimum Gasteiger partial charge on any atom is -0.324 e. The largest absolute Gasteiger partial charge is 0.324 e. The Labute approximate surface area is 162 Å². The molecule has 0 unspecified atom stereocenters. The second kappa shape index (κ2) is 8.13. The molecule has 1 N–H and O–H groups in total. The van der Waals surface area contributed by atoms with Gasteiger partial charge in [0.05, 0.1) is 11.9 Å². The highest BCUT2D eigenvalue weighted by atomic mass is 32.2. The molecule has 2 rings (SSSR count). The van der Waals surface area contributed by atoms with E-state index in [4.69, 9.17) is 0 Å². The highest BCUT2D eigenvalue weighted by Gasteiger charge is 2.22. The number of carbonyl (C=O) groups excluding carboxylic acids is 1. The molecule has 0 radical (unpaired) electrons. The molecule has 0 fully saturated rings. The van der Waals surface area contributed by atoms with Gasteiger partial charge in [-0.15, -0.1) is 0 Å². The maximum absolute atomic E-state index is 12.7. The number of carbonyl (C=O) groups is 1. The van der Waals surface area contributed by atoms with Crippen LogP contribution in [0.2, 0.25) is 0 Å². The van der Waals surface area contributed by atoms with Gasteiger partial charge in [-0.2, -0.15) is 0 Å². The van der Waals surface area contributed by atoms with Gasteiger partial charge >= 0.3 is 0 Å². The normalized spacial score (nSPS) is 11.5. The average molecular weight is 389 g/mol. The Hall–Kier alpha value is -2.34. The number of para-hydroxylation sites is 1. The molecule has 0 saturated carbocycles. The van der Waals surface area contributed by atoms with E-state index in [1.165, 1.54) is 0 Å². The third-order valence-corrected chi connectivity index (χ3v) is 5.51. The highest BCUT2D eigenvalue weighted by molar-refractivity contribution is 7.92. The van der Waals surface area contributed by atoms with E-state index in [-0.39, 0.29) is 18.4 Å². The monoisotopic (exact) mass is 388 g/mol. The smallest absolute Gasteiger partial charge is 0.245 e. The summed E-state index contributed by atoms with van der Waals surface area (Å²) in [6.45, 7) is 9.58. The molecule has 0 aliphatic rings. The van der Waals surface area contributed by atoms with E-state index in [0.717, 1.165) is 38.5 Å². The van der Waals surface area contributed by atoms with Gasteiger partial charge < -0.3 is 5.32 Å². The quantitative estimate of drug-likeness (QED) is 0.809. The van der Waals surface area contributed by atoms with E-state index >= 15 is 0 Å². The second-order valence-corrected chi connectivity index (χ2v) is 9.26. The molecule has 0 saturated heterocycles. The summed E-state index contributed by atoms with van der Waals surface area (Å²) in [6.07, 6.45) is 1.12. The van der Waals surface area contributed by atoms with E-state index in [1.807, 2.05) is 45.0 Å². The molecule has 0 aromatic heterocycles. The molecular formula is C21H28N2O3S. The maximum Gasteiger partial charge on any atom is 0.245 e. The molecule has 1 amide bonds. The fourth-order valence-electron chi connectivity index (χ4n) is 3.15. The third kappa shape index (κ3) is 5.32. The van der Waals surface area contributed by atoms with Crippen LogP contribution >= 0.6 is 0 Å². The fraction of sp³-hybridized carbons (Fsp3) is 0.381. The first-order valence-corrected chi connectivity index (χ1v) is 10.8. The van der Waals surface area contributed by atoms with Crippen LogP contribution in [0.4, 0.5) is 11.4 Å². The molecule has 5 nitrogen and oxygen atoms in total. The van der Waals surface area contributed by atoms with Gasteiger partial charge in [-0.05, 0) is 61.1 Å². The molecule has 27 heavy (non-hydrogen) atoms. The number of nitrogens with one attached hydrogen (secondary N) is 1. The number of hydrogen-bond donors (Lipinski definition) is 1. The molecule has 0 spiro atoms. The van der Waals surface area contributed by atoms with E-state index < -0.39 is 10.0 Å². The summed E-state index contributed by atoms with van der Waals surface area (Å²) >= 11 is 0. The summed E-state index contributed by atoms with van der Waals surface area (Å²) in [6, 6.07) is 11.4. The number of rotatable bonds is 6. The van der Waals surface area contributed by atoms with Crippen molar-refractivity contribution in [3.05, 3.63) is 58.7 Å². The minimum atomic E-state index is -3.60. The first-order chi connectivity index (χ1) is 12.5. The van der Waals surface area contributed by atoms with Crippen LogP contribution in [0.25, 0.3) is 0 Å². The summed E-state index contributed by atoms with van der Waals surface area (Å²) in [7, 11) is -3.60. The first kappa shape index (κ1) is 21.0. The van der Waals surface area contributed by atoms with Gasteiger partial charge in [0, 0.05) is 5.69 Å². The zero-order chi connectivity index (χ0) is 20.4. The summed E-state index contributed by atoms with van der Waals surface area (Å²) < 4.78 is 25.8. The molecule has 0 atom stereocenters. The Kier molecular flexibility index (Phi) is 6.31. The SMILES string of the molecule is Cc1cc(C)cc(N(CC(=O)Nc2c(C)cccc2C(C)C)S(C)(=O)=O)c1. The highest BCUT2D eigenvalue weighted by Crippen LogP contribution is 2.28. The van der Waals surface area contributed by atoms with Gasteiger partial charge in [-0.1, -0.05) is 38.1 Å². The van der Waals surface area contributed by atoms with Crippen molar-refractivity contribution >= 4 is 27.3 Å². The molecular weight excluding hydrogens is 360 g/mol. The number of benzene rings is 2. The van der Waals surface area contributed by atoms with Crippen LogP contribution in [-0.2, 0) is 14.8 Å². The summed E-state index contributed by atoms with van der Waals surface area (Å²) in [4.78, 5) is 12.7.